The minimum Gasteiger partial charge on any atom is -0.353 e. The summed E-state index contributed by atoms with van der Waals surface area (Å²) in [6, 6.07) is 5.21. The molecule has 0 heterocycles. The van der Waals surface area contributed by atoms with Gasteiger partial charge in [-0.3, -0.25) is 0 Å². The van der Waals surface area contributed by atoms with Crippen LogP contribution in [-0.2, 0) is 18.9 Å². The molecule has 26 heavy (non-hydrogen) atoms. The van der Waals surface area contributed by atoms with E-state index >= 15 is 0 Å². The summed E-state index contributed by atoms with van der Waals surface area (Å²) in [5, 5.41) is 0. The molecule has 0 N–H and O–H groups in total. The van der Waals surface area contributed by atoms with Crippen molar-refractivity contribution in [1.29, 1.82) is 0 Å². The lowest BCUT2D eigenvalue weighted by Gasteiger charge is -2.18. The Morgan fingerprint density at radius 1 is 0.538 bits per heavy atom. The van der Waals surface area contributed by atoms with E-state index in [1.165, 1.54) is 37.0 Å². The maximum absolute atomic E-state index is 5.82. The molecule has 0 bridgehead atoms. The van der Waals surface area contributed by atoms with E-state index in [4.69, 9.17) is 18.9 Å². The van der Waals surface area contributed by atoms with E-state index in [-0.39, 0.29) is 31.6 Å². The van der Waals surface area contributed by atoms with Crippen LogP contribution in [0, 0.1) is 0 Å². The van der Waals surface area contributed by atoms with E-state index in [1.807, 2.05) is 0 Å². The molecule has 0 atom stereocenters. The number of rotatable bonds is 21. The topological polar surface area (TPSA) is 36.9 Å². The maximum atomic E-state index is 5.82. The minimum absolute atomic E-state index is 0.0485. The Morgan fingerprint density at radius 2 is 0.846 bits per heavy atom. The van der Waals surface area contributed by atoms with Crippen molar-refractivity contribution in [2.24, 2.45) is 0 Å². The van der Waals surface area contributed by atoms with Gasteiger partial charge >= 0.3 is 0 Å². The lowest BCUT2D eigenvalue weighted by molar-refractivity contribution is -0.130. The average molecular weight is 407 g/mol. The Balaban J connectivity index is 3.64. The van der Waals surface area contributed by atoms with Gasteiger partial charge in [0.15, 0.2) is 12.6 Å². The van der Waals surface area contributed by atoms with E-state index in [9.17, 15) is 0 Å². The van der Waals surface area contributed by atoms with Gasteiger partial charge in [-0.25, -0.2) is 0 Å². The van der Waals surface area contributed by atoms with Crippen LogP contribution in [0.25, 0.3) is 0 Å². The largest absolute Gasteiger partial charge is 0.353 e. The fraction of sp³-hybridized carbons (Fsp3) is 1.00. The summed E-state index contributed by atoms with van der Waals surface area (Å²) >= 11 is 0. The Kier molecular flexibility index (Phi) is 21.8. The Morgan fingerprint density at radius 3 is 1.12 bits per heavy atom. The van der Waals surface area contributed by atoms with Gasteiger partial charge in [0.25, 0.3) is 0 Å². The fourth-order valence-electron chi connectivity index (χ4n) is 2.76. The fourth-order valence-corrected chi connectivity index (χ4v) is 6.08. The first-order chi connectivity index (χ1) is 12.8. The molecule has 0 rings (SSSR count). The quantitative estimate of drug-likeness (QED) is 0.163. The van der Waals surface area contributed by atoms with E-state index < -0.39 is 0 Å². The highest BCUT2D eigenvalue weighted by Gasteiger charge is 2.10. The third-order valence-electron chi connectivity index (χ3n) is 4.16. The third-order valence-corrected chi connectivity index (χ3v) is 7.92. The summed E-state index contributed by atoms with van der Waals surface area (Å²) in [4.78, 5) is 0. The Hall–Kier alpha value is 0.274. The van der Waals surface area contributed by atoms with Crippen molar-refractivity contribution in [1.82, 2.24) is 0 Å². The van der Waals surface area contributed by atoms with Crippen LogP contribution in [0.3, 0.4) is 0 Å². The molecule has 0 aromatic heterocycles. The van der Waals surface area contributed by atoms with Crippen LogP contribution in [0.15, 0.2) is 0 Å². The molecule has 0 aliphatic carbocycles. The highest BCUT2D eigenvalue weighted by Crippen LogP contribution is 2.10. The molecule has 0 aromatic carbocycles. The van der Waals surface area contributed by atoms with E-state index in [0.29, 0.717) is 0 Å². The molecule has 6 heteroatoms. The van der Waals surface area contributed by atoms with Crippen LogP contribution in [0.5, 0.6) is 0 Å². The average Bonchev–Trinajstić information content (AvgIpc) is 2.66. The van der Waals surface area contributed by atoms with Crippen molar-refractivity contribution in [3.8, 4) is 0 Å². The lowest BCUT2D eigenvalue weighted by Crippen LogP contribution is -2.20. The van der Waals surface area contributed by atoms with Gasteiger partial charge in [0, 0.05) is 45.5 Å². The van der Waals surface area contributed by atoms with Crippen molar-refractivity contribution >= 4 is 19.0 Å². The van der Waals surface area contributed by atoms with E-state index in [2.05, 4.69) is 27.7 Å². The maximum Gasteiger partial charge on any atom is 0.154 e. The molecule has 0 unspecified atom stereocenters. The van der Waals surface area contributed by atoms with Crippen LogP contribution in [-0.4, -0.2) is 58.0 Å². The molecule has 158 valence electrons. The lowest BCUT2D eigenvalue weighted by atomic mass is 10.4. The number of unbranched alkanes of at least 4 members (excludes halogenated alkanes) is 1. The standard InChI is InChI=1S/C20H46O4Si2/c1-5-11-21-19(22-12-6-2)17-25-15-9-10-16-26-18-20(23-13-7-3)24-14-8-4/h19-20H,5-18,25-26H2,1-4H3. The SMILES string of the molecule is CCCOC(C[SiH2]CCCC[SiH2]CC(OCCC)OCCC)OCCC. The predicted molar refractivity (Wildman–Crippen MR) is 118 cm³/mol. The Labute approximate surface area is 167 Å². The minimum atomic E-state index is -0.0485. The van der Waals surface area contributed by atoms with E-state index in [0.717, 1.165) is 52.1 Å². The summed E-state index contributed by atoms with van der Waals surface area (Å²) in [5.41, 5.74) is 0. The first-order valence-corrected chi connectivity index (χ1v) is 15.2. The van der Waals surface area contributed by atoms with Gasteiger partial charge < -0.3 is 18.9 Å². The van der Waals surface area contributed by atoms with Gasteiger partial charge in [0.1, 0.15) is 0 Å². The zero-order valence-electron chi connectivity index (χ0n) is 18.1. The molecule has 4 nitrogen and oxygen atoms in total. The summed E-state index contributed by atoms with van der Waals surface area (Å²) in [6.07, 6.45) is 7.22. The summed E-state index contributed by atoms with van der Waals surface area (Å²) in [7, 11) is -0.0970. The predicted octanol–water partition coefficient (Wildman–Crippen LogP) is 4.14. The summed E-state index contributed by atoms with van der Waals surface area (Å²) in [6.45, 7) is 11.9. The first kappa shape index (κ1) is 26.3. The molecule has 0 radical (unpaired) electrons. The monoisotopic (exact) mass is 406 g/mol. The zero-order valence-corrected chi connectivity index (χ0v) is 20.9. The van der Waals surface area contributed by atoms with Gasteiger partial charge in [-0.2, -0.15) is 0 Å². The molecular formula is C20H46O4Si2. The second kappa shape index (κ2) is 21.6. The smallest absolute Gasteiger partial charge is 0.154 e. The van der Waals surface area contributed by atoms with Crippen LogP contribution in [0.4, 0.5) is 0 Å². The number of hydrogen-bond acceptors (Lipinski definition) is 4. The van der Waals surface area contributed by atoms with Gasteiger partial charge in [-0.15, -0.1) is 0 Å². The molecule has 0 aromatic rings. The molecule has 0 saturated carbocycles. The van der Waals surface area contributed by atoms with Crippen molar-refractivity contribution in [2.75, 3.05) is 26.4 Å². The van der Waals surface area contributed by atoms with Gasteiger partial charge in [0.2, 0.25) is 0 Å². The summed E-state index contributed by atoms with van der Waals surface area (Å²) in [5.74, 6) is 0. The zero-order chi connectivity index (χ0) is 19.3. The molecular weight excluding hydrogens is 360 g/mol. The molecule has 0 fully saturated rings. The normalized spacial score (nSPS) is 12.7. The molecule has 0 saturated heterocycles. The van der Waals surface area contributed by atoms with Crippen LogP contribution < -0.4 is 0 Å². The first-order valence-electron chi connectivity index (χ1n) is 11.2. The van der Waals surface area contributed by atoms with Crippen LogP contribution in [0.2, 0.25) is 24.2 Å². The van der Waals surface area contributed by atoms with Gasteiger partial charge in [-0.1, -0.05) is 52.6 Å². The van der Waals surface area contributed by atoms with Crippen molar-refractivity contribution in [3.05, 3.63) is 0 Å². The third kappa shape index (κ3) is 17.7. The molecule has 0 aliphatic heterocycles. The number of ether oxygens (including phenoxy) is 4. The molecule has 0 amide bonds. The highest BCUT2D eigenvalue weighted by atomic mass is 28.2. The van der Waals surface area contributed by atoms with Gasteiger partial charge in [0.05, 0.1) is 0 Å². The van der Waals surface area contributed by atoms with Crippen molar-refractivity contribution in [3.63, 3.8) is 0 Å². The summed E-state index contributed by atoms with van der Waals surface area (Å²) < 4.78 is 23.3. The molecule has 0 spiro atoms. The highest BCUT2D eigenvalue weighted by molar-refractivity contribution is 6.36. The van der Waals surface area contributed by atoms with Crippen molar-refractivity contribution in [2.45, 2.75) is 103 Å². The van der Waals surface area contributed by atoms with E-state index in [1.54, 1.807) is 0 Å². The second-order valence-corrected chi connectivity index (χ2v) is 11.0. The number of hydrogen-bond donors (Lipinski definition) is 0. The van der Waals surface area contributed by atoms with Crippen molar-refractivity contribution < 1.29 is 18.9 Å². The second-order valence-electron chi connectivity index (χ2n) is 7.04. The molecule has 0 aliphatic rings. The van der Waals surface area contributed by atoms with Crippen LogP contribution in [0.1, 0.15) is 66.2 Å². The van der Waals surface area contributed by atoms with Gasteiger partial charge in [-0.05, 0) is 37.8 Å². The van der Waals surface area contributed by atoms with Crippen LogP contribution >= 0.6 is 0 Å². The Bertz CT molecular complexity index is 228.